The molecule has 0 saturated heterocycles. The fraction of sp³-hybridized carbons (Fsp3) is 0.318. The predicted molar refractivity (Wildman–Crippen MR) is 129 cm³/mol. The number of halogens is 2. The molecule has 172 valence electrons. The smallest absolute Gasteiger partial charge is 0.279 e. The van der Waals surface area contributed by atoms with E-state index < -0.39 is 17.9 Å². The zero-order valence-corrected chi connectivity index (χ0v) is 20.2. The monoisotopic (exact) mass is 497 g/mol. The number of hydrazine groups is 1. The highest BCUT2D eigenvalue weighted by atomic mass is 35.5. The molecule has 0 heterocycles. The van der Waals surface area contributed by atoms with Crippen molar-refractivity contribution in [3.05, 3.63) is 58.1 Å². The lowest BCUT2D eigenvalue weighted by Gasteiger charge is -2.17. The molecule has 0 fully saturated rings. The first-order chi connectivity index (χ1) is 15.2. The van der Waals surface area contributed by atoms with Crippen LogP contribution in [0.3, 0.4) is 0 Å². The Balaban J connectivity index is 1.81. The molecule has 0 spiro atoms. The van der Waals surface area contributed by atoms with Crippen LogP contribution in [-0.2, 0) is 4.79 Å². The maximum absolute atomic E-state index is 12.4. The zero-order chi connectivity index (χ0) is 23.7. The molecule has 7 nitrogen and oxygen atoms in total. The summed E-state index contributed by atoms with van der Waals surface area (Å²) in [7, 11) is 0. The number of amides is 2. The molecule has 2 amide bonds. The Morgan fingerprint density at radius 1 is 1.06 bits per heavy atom. The number of carbonyl (C=O) groups excluding carboxylic acids is 2. The van der Waals surface area contributed by atoms with E-state index in [0.29, 0.717) is 34.6 Å². The van der Waals surface area contributed by atoms with Crippen LogP contribution in [0.15, 0.2) is 42.5 Å². The number of thiocarbonyl (C=S) groups is 1. The van der Waals surface area contributed by atoms with Crippen molar-refractivity contribution in [2.24, 2.45) is 5.92 Å². The summed E-state index contributed by atoms with van der Waals surface area (Å²) in [6.45, 7) is 6.32. The molecule has 3 N–H and O–H groups in total. The number of nitrogens with one attached hydrogen (secondary N) is 3. The summed E-state index contributed by atoms with van der Waals surface area (Å²) in [6.07, 6.45) is 0.0237. The molecule has 0 aliphatic carbocycles. The van der Waals surface area contributed by atoms with Gasteiger partial charge in [0.05, 0.1) is 11.6 Å². The van der Waals surface area contributed by atoms with E-state index in [1.165, 1.54) is 13.0 Å². The fourth-order valence-electron chi connectivity index (χ4n) is 2.38. The number of carbonyl (C=O) groups is 2. The van der Waals surface area contributed by atoms with Gasteiger partial charge in [-0.15, -0.1) is 0 Å². The minimum Gasteiger partial charge on any atom is -0.494 e. The van der Waals surface area contributed by atoms with Crippen molar-refractivity contribution in [1.29, 1.82) is 0 Å². The molecule has 1 atom stereocenters. The Morgan fingerprint density at radius 3 is 2.50 bits per heavy atom. The van der Waals surface area contributed by atoms with Crippen LogP contribution in [0.4, 0.5) is 0 Å². The third-order valence-electron chi connectivity index (χ3n) is 4.15. The van der Waals surface area contributed by atoms with E-state index in [-0.39, 0.29) is 10.1 Å². The third-order valence-corrected chi connectivity index (χ3v) is 4.89. The summed E-state index contributed by atoms with van der Waals surface area (Å²) in [4.78, 5) is 24.6. The standard InChI is InChI=1S/C22H25Cl2N3O4S/c1-13(2)9-10-30-17-6-4-5-15(11-17)21(29)25-22(32)27-26-20(28)14(3)31-19-8-7-16(23)12-18(19)24/h4-8,11-14H,9-10H2,1-3H3,(H,26,28)(H2,25,27,29,32). The van der Waals surface area contributed by atoms with Crippen molar-refractivity contribution < 1.29 is 19.1 Å². The number of hydrogen-bond acceptors (Lipinski definition) is 5. The SMILES string of the molecule is CC(C)CCOc1cccc(C(=O)NC(=S)NNC(=O)C(C)Oc2ccc(Cl)cc2Cl)c1. The van der Waals surface area contributed by atoms with Gasteiger partial charge < -0.3 is 9.47 Å². The topological polar surface area (TPSA) is 88.7 Å². The number of rotatable bonds is 8. The molecule has 2 aromatic carbocycles. The first-order valence-electron chi connectivity index (χ1n) is 9.91. The minimum absolute atomic E-state index is 0.0776. The fourth-order valence-corrected chi connectivity index (χ4v) is 2.98. The Bertz CT molecular complexity index is 972. The predicted octanol–water partition coefficient (Wildman–Crippen LogP) is 4.52. The molecule has 0 aliphatic heterocycles. The van der Waals surface area contributed by atoms with Gasteiger partial charge in [0, 0.05) is 10.6 Å². The number of ether oxygens (including phenoxy) is 2. The van der Waals surface area contributed by atoms with Gasteiger partial charge in [0.15, 0.2) is 11.2 Å². The summed E-state index contributed by atoms with van der Waals surface area (Å²) in [5.74, 6) is 0.468. The van der Waals surface area contributed by atoms with Gasteiger partial charge in [-0.3, -0.25) is 25.8 Å². The highest BCUT2D eigenvalue weighted by Crippen LogP contribution is 2.28. The van der Waals surface area contributed by atoms with Crippen LogP contribution in [0, 0.1) is 5.92 Å². The van der Waals surface area contributed by atoms with Gasteiger partial charge in [0.1, 0.15) is 11.5 Å². The second-order valence-electron chi connectivity index (χ2n) is 7.29. The highest BCUT2D eigenvalue weighted by Gasteiger charge is 2.17. The van der Waals surface area contributed by atoms with E-state index in [2.05, 4.69) is 30.0 Å². The molecule has 10 heteroatoms. The average molecular weight is 498 g/mol. The van der Waals surface area contributed by atoms with Gasteiger partial charge in [-0.1, -0.05) is 43.1 Å². The Labute approximate surface area is 202 Å². The van der Waals surface area contributed by atoms with Gasteiger partial charge in [-0.25, -0.2) is 0 Å². The van der Waals surface area contributed by atoms with Crippen LogP contribution >= 0.6 is 35.4 Å². The third kappa shape index (κ3) is 8.53. The summed E-state index contributed by atoms with van der Waals surface area (Å²) >= 11 is 16.9. The second kappa shape index (κ2) is 12.5. The normalized spacial score (nSPS) is 11.4. The Hall–Kier alpha value is -2.55. The van der Waals surface area contributed by atoms with Crippen LogP contribution in [0.1, 0.15) is 37.6 Å². The molecule has 2 aromatic rings. The van der Waals surface area contributed by atoms with Crippen molar-refractivity contribution in [3.8, 4) is 11.5 Å². The van der Waals surface area contributed by atoms with E-state index in [4.69, 9.17) is 44.9 Å². The zero-order valence-electron chi connectivity index (χ0n) is 17.9. The van der Waals surface area contributed by atoms with E-state index in [1.54, 1.807) is 36.4 Å². The first kappa shape index (κ1) is 25.7. The number of hydrogen-bond donors (Lipinski definition) is 3. The summed E-state index contributed by atoms with van der Waals surface area (Å²) in [5, 5.41) is 3.15. The van der Waals surface area contributed by atoms with Crippen molar-refractivity contribution in [3.63, 3.8) is 0 Å². The molecular weight excluding hydrogens is 473 g/mol. The maximum atomic E-state index is 12.4. The minimum atomic E-state index is -0.889. The van der Waals surface area contributed by atoms with Crippen LogP contribution in [0.25, 0.3) is 0 Å². The Morgan fingerprint density at radius 2 is 1.81 bits per heavy atom. The molecule has 0 aromatic heterocycles. The van der Waals surface area contributed by atoms with E-state index in [9.17, 15) is 9.59 Å². The van der Waals surface area contributed by atoms with Crippen LogP contribution in [0.5, 0.6) is 11.5 Å². The number of benzene rings is 2. The van der Waals surface area contributed by atoms with Crippen LogP contribution in [-0.4, -0.2) is 29.6 Å². The van der Waals surface area contributed by atoms with Crippen LogP contribution < -0.4 is 25.6 Å². The Kier molecular flexibility index (Phi) is 10.0. The van der Waals surface area contributed by atoms with Crippen LogP contribution in [0.2, 0.25) is 10.0 Å². The van der Waals surface area contributed by atoms with Gasteiger partial charge in [0.25, 0.3) is 11.8 Å². The molecule has 2 rings (SSSR count). The summed E-state index contributed by atoms with van der Waals surface area (Å²) < 4.78 is 11.2. The lowest BCUT2D eigenvalue weighted by Crippen LogP contribution is -2.51. The summed E-state index contributed by atoms with van der Waals surface area (Å²) in [5.41, 5.74) is 5.22. The molecule has 0 radical (unpaired) electrons. The van der Waals surface area contributed by atoms with Crippen molar-refractivity contribution in [2.45, 2.75) is 33.3 Å². The molecule has 0 bridgehead atoms. The molecule has 0 aliphatic rings. The van der Waals surface area contributed by atoms with Gasteiger partial charge >= 0.3 is 0 Å². The average Bonchev–Trinajstić information content (AvgIpc) is 2.73. The van der Waals surface area contributed by atoms with Gasteiger partial charge in [0.2, 0.25) is 0 Å². The van der Waals surface area contributed by atoms with E-state index >= 15 is 0 Å². The first-order valence-corrected chi connectivity index (χ1v) is 11.1. The van der Waals surface area contributed by atoms with Crippen molar-refractivity contribution in [2.75, 3.05) is 6.61 Å². The highest BCUT2D eigenvalue weighted by molar-refractivity contribution is 7.80. The maximum Gasteiger partial charge on any atom is 0.279 e. The second-order valence-corrected chi connectivity index (χ2v) is 8.54. The molecular formula is C22H25Cl2N3O4S. The quantitative estimate of drug-likeness (QED) is 0.367. The lowest BCUT2D eigenvalue weighted by atomic mass is 10.1. The molecule has 32 heavy (non-hydrogen) atoms. The van der Waals surface area contributed by atoms with Gasteiger partial charge in [-0.2, -0.15) is 0 Å². The van der Waals surface area contributed by atoms with E-state index in [0.717, 1.165) is 6.42 Å². The molecule has 0 saturated carbocycles. The molecule has 1 unspecified atom stereocenters. The van der Waals surface area contributed by atoms with E-state index in [1.807, 2.05) is 0 Å². The van der Waals surface area contributed by atoms with Crippen molar-refractivity contribution in [1.82, 2.24) is 16.2 Å². The van der Waals surface area contributed by atoms with Crippen molar-refractivity contribution >= 4 is 52.3 Å². The largest absolute Gasteiger partial charge is 0.494 e. The summed E-state index contributed by atoms with van der Waals surface area (Å²) in [6, 6.07) is 11.4. The van der Waals surface area contributed by atoms with Gasteiger partial charge in [-0.05, 0) is 67.9 Å². The lowest BCUT2D eigenvalue weighted by molar-refractivity contribution is -0.127.